The van der Waals surface area contributed by atoms with Gasteiger partial charge in [-0.05, 0) is 23.8 Å². The fraction of sp³-hybridized carbons (Fsp3) is 0.300. The molecule has 8 nitrogen and oxygen atoms in total. The van der Waals surface area contributed by atoms with E-state index in [-0.39, 0.29) is 0 Å². The molecule has 2 aromatic heterocycles. The van der Waals surface area contributed by atoms with Gasteiger partial charge in [-0.1, -0.05) is 17.9 Å². The van der Waals surface area contributed by atoms with Gasteiger partial charge in [0, 0.05) is 23.3 Å². The Kier molecular flexibility index (Phi) is 5.09. The highest BCUT2D eigenvalue weighted by molar-refractivity contribution is 5.89. The van der Waals surface area contributed by atoms with E-state index in [1.54, 1.807) is 18.6 Å². The number of pyridine rings is 1. The molecule has 0 spiro atoms. The van der Waals surface area contributed by atoms with Gasteiger partial charge in [0.25, 0.3) is 0 Å². The predicted octanol–water partition coefficient (Wildman–Crippen LogP) is -0.181. The van der Waals surface area contributed by atoms with Gasteiger partial charge < -0.3 is 25.2 Å². The molecule has 1 aliphatic heterocycles. The van der Waals surface area contributed by atoms with E-state index >= 15 is 0 Å². The van der Waals surface area contributed by atoms with Crippen LogP contribution in [0.15, 0.2) is 42.9 Å². The Morgan fingerprint density at radius 3 is 2.68 bits per heavy atom. The van der Waals surface area contributed by atoms with Gasteiger partial charge in [0.1, 0.15) is 30.5 Å². The second-order valence-electron chi connectivity index (χ2n) is 6.62. The third-order valence-electron chi connectivity index (χ3n) is 4.79. The minimum atomic E-state index is -1.46. The van der Waals surface area contributed by atoms with E-state index in [9.17, 15) is 20.4 Å². The van der Waals surface area contributed by atoms with Crippen molar-refractivity contribution in [2.45, 2.75) is 30.5 Å². The summed E-state index contributed by atoms with van der Waals surface area (Å²) in [4.78, 5) is 4.13. The second kappa shape index (κ2) is 7.67. The van der Waals surface area contributed by atoms with Crippen LogP contribution in [0.2, 0.25) is 0 Å². The number of hydrogen-bond donors (Lipinski definition) is 5. The number of benzene rings is 1. The van der Waals surface area contributed by atoms with Crippen molar-refractivity contribution in [2.24, 2.45) is 0 Å². The Morgan fingerprint density at radius 1 is 1.07 bits per heavy atom. The Labute approximate surface area is 160 Å². The molecule has 0 amide bonds. The Morgan fingerprint density at radius 2 is 1.93 bits per heavy atom. The number of fused-ring (bicyclic) bond motifs is 1. The molecule has 8 heteroatoms. The summed E-state index contributed by atoms with van der Waals surface area (Å²) in [5, 5.41) is 47.1. The highest BCUT2D eigenvalue weighted by Crippen LogP contribution is 2.26. The number of hydrogen-bond acceptors (Lipinski definition) is 7. The normalized spacial score (nSPS) is 27.4. The monoisotopic (exact) mass is 381 g/mol. The SMILES string of the molecule is OC[C@H]1O[C@H](C#Cc2cc(-c3cccnc3)cc3cn[nH]c23)[C@@H](O)[C@@H](O)[C@@H]1O. The van der Waals surface area contributed by atoms with Crippen LogP contribution in [0.3, 0.4) is 0 Å². The van der Waals surface area contributed by atoms with Crippen LogP contribution in [-0.2, 0) is 4.74 Å². The highest BCUT2D eigenvalue weighted by Gasteiger charge is 2.42. The molecule has 1 aliphatic rings. The Balaban J connectivity index is 1.72. The molecule has 0 aliphatic carbocycles. The van der Waals surface area contributed by atoms with Crippen molar-refractivity contribution in [1.82, 2.24) is 15.2 Å². The maximum absolute atomic E-state index is 10.2. The number of rotatable bonds is 2. The lowest BCUT2D eigenvalue weighted by Gasteiger charge is -2.37. The zero-order valence-corrected chi connectivity index (χ0v) is 14.7. The van der Waals surface area contributed by atoms with Crippen molar-refractivity contribution in [3.05, 3.63) is 48.4 Å². The maximum atomic E-state index is 10.2. The molecule has 3 aromatic rings. The van der Waals surface area contributed by atoms with Gasteiger partial charge in [0.2, 0.25) is 0 Å². The molecule has 0 saturated carbocycles. The van der Waals surface area contributed by atoms with Crippen LogP contribution in [0.25, 0.3) is 22.0 Å². The summed E-state index contributed by atoms with van der Waals surface area (Å²) in [6.07, 6.45) is -1.19. The fourth-order valence-corrected chi connectivity index (χ4v) is 3.23. The minimum Gasteiger partial charge on any atom is -0.394 e. The number of aliphatic hydroxyl groups is 4. The van der Waals surface area contributed by atoms with E-state index in [0.717, 1.165) is 22.0 Å². The van der Waals surface area contributed by atoms with Gasteiger partial charge in [0.05, 0.1) is 23.9 Å². The molecule has 4 rings (SSSR count). The van der Waals surface area contributed by atoms with Gasteiger partial charge in [-0.3, -0.25) is 10.1 Å². The number of nitrogens with one attached hydrogen (secondary N) is 1. The van der Waals surface area contributed by atoms with Crippen molar-refractivity contribution < 1.29 is 25.2 Å². The predicted molar refractivity (Wildman–Crippen MR) is 100.0 cm³/mol. The Hall–Kier alpha value is -2.80. The number of aromatic amines is 1. The van der Waals surface area contributed by atoms with Gasteiger partial charge >= 0.3 is 0 Å². The number of nitrogens with zero attached hydrogens (tertiary/aromatic N) is 2. The third-order valence-corrected chi connectivity index (χ3v) is 4.79. The van der Waals surface area contributed by atoms with E-state index in [0.29, 0.717) is 5.56 Å². The van der Waals surface area contributed by atoms with Crippen molar-refractivity contribution in [1.29, 1.82) is 0 Å². The summed E-state index contributed by atoms with van der Waals surface area (Å²) < 4.78 is 5.44. The van der Waals surface area contributed by atoms with Gasteiger partial charge in [-0.2, -0.15) is 5.10 Å². The molecule has 1 aromatic carbocycles. The summed E-state index contributed by atoms with van der Waals surface area (Å²) in [5.41, 5.74) is 3.18. The Bertz CT molecular complexity index is 1020. The summed E-state index contributed by atoms with van der Waals surface area (Å²) in [5.74, 6) is 5.76. The number of aliphatic hydroxyl groups excluding tert-OH is 4. The van der Waals surface area contributed by atoms with Gasteiger partial charge in [-0.25, -0.2) is 0 Å². The largest absolute Gasteiger partial charge is 0.394 e. The van der Waals surface area contributed by atoms with Gasteiger partial charge in [-0.15, -0.1) is 0 Å². The summed E-state index contributed by atoms with van der Waals surface area (Å²) in [7, 11) is 0. The summed E-state index contributed by atoms with van der Waals surface area (Å²) in [6, 6.07) is 7.61. The van der Waals surface area contributed by atoms with E-state index in [2.05, 4.69) is 27.0 Å². The number of ether oxygens (including phenoxy) is 1. The number of aromatic nitrogens is 3. The van der Waals surface area contributed by atoms with Crippen LogP contribution in [0.5, 0.6) is 0 Å². The molecule has 5 N–H and O–H groups in total. The van der Waals surface area contributed by atoms with E-state index in [1.807, 2.05) is 24.3 Å². The van der Waals surface area contributed by atoms with Crippen LogP contribution in [0.4, 0.5) is 0 Å². The van der Waals surface area contributed by atoms with E-state index < -0.39 is 37.1 Å². The zero-order chi connectivity index (χ0) is 19.7. The first-order chi connectivity index (χ1) is 13.6. The fourth-order valence-electron chi connectivity index (χ4n) is 3.23. The zero-order valence-electron chi connectivity index (χ0n) is 14.7. The van der Waals surface area contributed by atoms with Crippen LogP contribution < -0.4 is 0 Å². The molecule has 0 radical (unpaired) electrons. The molecule has 144 valence electrons. The molecule has 28 heavy (non-hydrogen) atoms. The average molecular weight is 381 g/mol. The van der Waals surface area contributed by atoms with Crippen LogP contribution in [-0.4, -0.2) is 72.7 Å². The first kappa shape index (κ1) is 18.6. The van der Waals surface area contributed by atoms with Gasteiger partial charge in [0.15, 0.2) is 0 Å². The van der Waals surface area contributed by atoms with Crippen molar-refractivity contribution in [3.63, 3.8) is 0 Å². The highest BCUT2D eigenvalue weighted by atomic mass is 16.5. The lowest BCUT2D eigenvalue weighted by molar-refractivity contribution is -0.214. The second-order valence-corrected chi connectivity index (χ2v) is 6.62. The van der Waals surface area contributed by atoms with Crippen LogP contribution in [0, 0.1) is 11.8 Å². The summed E-state index contributed by atoms with van der Waals surface area (Å²) in [6.45, 7) is -0.496. The quantitative estimate of drug-likeness (QED) is 0.389. The topological polar surface area (TPSA) is 132 Å². The standard InChI is InChI=1S/C20H19N3O5/c24-10-16-19(26)20(27)18(25)15(28-16)4-3-11-6-13(12-2-1-5-21-8-12)7-14-9-22-23-17(11)14/h1-2,5-9,15-16,18-20,24-27H,10H2,(H,22,23)/t15-,16-,18-,19-,20-/m1/s1. The molecule has 0 bridgehead atoms. The maximum Gasteiger partial charge on any atom is 0.147 e. The van der Waals surface area contributed by atoms with Crippen molar-refractivity contribution in [3.8, 4) is 23.0 Å². The molecule has 5 atom stereocenters. The average Bonchev–Trinajstić information content (AvgIpc) is 3.21. The van der Waals surface area contributed by atoms with Crippen LogP contribution in [0.1, 0.15) is 5.56 Å². The summed E-state index contributed by atoms with van der Waals surface area (Å²) >= 11 is 0. The molecule has 1 fully saturated rings. The molecule has 1 saturated heterocycles. The van der Waals surface area contributed by atoms with Crippen molar-refractivity contribution in [2.75, 3.05) is 6.61 Å². The van der Waals surface area contributed by atoms with E-state index in [4.69, 9.17) is 4.74 Å². The molecular weight excluding hydrogens is 362 g/mol. The van der Waals surface area contributed by atoms with Crippen molar-refractivity contribution >= 4 is 10.9 Å². The first-order valence-corrected chi connectivity index (χ1v) is 8.78. The first-order valence-electron chi connectivity index (χ1n) is 8.78. The lowest BCUT2D eigenvalue weighted by Crippen LogP contribution is -2.58. The molecular formula is C20H19N3O5. The number of H-pyrrole nitrogens is 1. The molecule has 0 unspecified atom stereocenters. The smallest absolute Gasteiger partial charge is 0.147 e. The minimum absolute atomic E-state index is 0.496. The molecule has 3 heterocycles. The van der Waals surface area contributed by atoms with E-state index in [1.165, 1.54) is 0 Å². The van der Waals surface area contributed by atoms with Crippen LogP contribution >= 0.6 is 0 Å². The lowest BCUT2D eigenvalue weighted by atomic mass is 9.95. The third kappa shape index (κ3) is 3.38.